The minimum atomic E-state index is -2.87. The normalized spacial score (nSPS) is 11.0. The quantitative estimate of drug-likeness (QED) is 0.450. The van der Waals surface area contributed by atoms with E-state index < -0.39 is 8.25 Å². The molecule has 1 atom stereocenters. The lowest BCUT2D eigenvalue weighted by atomic mass is 10.1. The van der Waals surface area contributed by atoms with Crippen LogP contribution in [-0.4, -0.2) is 20.0 Å². The Morgan fingerprint density at radius 3 is 2.14 bits per heavy atom. The van der Waals surface area contributed by atoms with Gasteiger partial charge in [0.2, 0.25) is 0 Å². The number of hydrogen-bond donors (Lipinski definition) is 2. The van der Waals surface area contributed by atoms with Crippen LogP contribution in [0.5, 0.6) is 0 Å². The van der Waals surface area contributed by atoms with E-state index in [4.69, 9.17) is 14.4 Å². The Kier molecular flexibility index (Phi) is 7.15. The summed E-state index contributed by atoms with van der Waals surface area (Å²) in [5.74, 6) is 0. The Morgan fingerprint density at radius 2 is 1.79 bits per heavy atom. The summed E-state index contributed by atoms with van der Waals surface area (Å²) in [7, 11) is -1.71. The van der Waals surface area contributed by atoms with Gasteiger partial charge in [-0.15, -0.1) is 16.4 Å². The number of rotatable bonds is 2. The molecule has 0 radical (unpaired) electrons. The zero-order chi connectivity index (χ0) is 11.0. The smallest absolute Gasteiger partial charge is 0.134 e. The second kappa shape index (κ2) is 7.59. The van der Waals surface area contributed by atoms with Crippen molar-refractivity contribution in [3.05, 3.63) is 48.6 Å². The molecule has 3 nitrogen and oxygen atoms in total. The summed E-state index contributed by atoms with van der Waals surface area (Å²) in [4.78, 5) is 14.2. The molecule has 1 unspecified atom stereocenters. The van der Waals surface area contributed by atoms with Crippen LogP contribution in [-0.2, 0) is 4.57 Å². The highest BCUT2D eigenvalue weighted by Crippen LogP contribution is 2.10. The molecule has 0 amide bonds. The molecule has 0 heterocycles. The number of allylic oxidation sites excluding steroid dienone is 1. The molecular weight excluding hydrogens is 215 g/mol. The van der Waals surface area contributed by atoms with Crippen LogP contribution in [0.3, 0.4) is 0 Å². The minimum Gasteiger partial charge on any atom is -0.134 e. The lowest BCUT2D eigenvalue weighted by molar-refractivity contribution is 0.405. The van der Waals surface area contributed by atoms with Gasteiger partial charge in [0.1, 0.15) is 0 Å². The van der Waals surface area contributed by atoms with E-state index in [0.29, 0.717) is 5.54 Å². The van der Waals surface area contributed by atoms with Crippen molar-refractivity contribution < 1.29 is 14.4 Å². The summed E-state index contributed by atoms with van der Waals surface area (Å²) in [5.41, 5.74) is 2.00. The Hall–Kier alpha value is -0.803. The van der Waals surface area contributed by atoms with E-state index in [2.05, 4.69) is 30.8 Å². The van der Waals surface area contributed by atoms with E-state index in [0.717, 1.165) is 10.2 Å². The van der Waals surface area contributed by atoms with Crippen molar-refractivity contribution in [1.29, 1.82) is 0 Å². The largest absolute Gasteiger partial charge is 0.692 e. The van der Waals surface area contributed by atoms with Crippen LogP contribution in [0.2, 0.25) is 0 Å². The van der Waals surface area contributed by atoms with Gasteiger partial charge >= 0.3 is 8.25 Å². The molecule has 1 rings (SSSR count). The van der Waals surface area contributed by atoms with Gasteiger partial charge in [0.15, 0.2) is 0 Å². The molecule has 5 heteroatoms. The summed E-state index contributed by atoms with van der Waals surface area (Å²) >= 11 is 0. The van der Waals surface area contributed by atoms with E-state index >= 15 is 0 Å². The van der Waals surface area contributed by atoms with Gasteiger partial charge in [-0.3, -0.25) is 0 Å². The highest BCUT2D eigenvalue weighted by molar-refractivity contribution is 7.30. The first kappa shape index (κ1) is 13.2. The Balaban J connectivity index is 0.000000364. The second-order valence-electron chi connectivity index (χ2n) is 2.69. The third kappa shape index (κ3) is 6.68. The predicted molar refractivity (Wildman–Crippen MR) is 61.4 cm³/mol. The standard InChI is InChI=1S/C9H12Si.HO3P/c1-2-9(10)8-6-4-3-5-7-8;1-4(2)3/h2-7,9H,1H2,10H3;(H-,1,2,3)/p+1. The van der Waals surface area contributed by atoms with Gasteiger partial charge in [-0.25, -0.2) is 0 Å². The molecule has 0 aromatic heterocycles. The van der Waals surface area contributed by atoms with Crippen LogP contribution in [0.1, 0.15) is 11.1 Å². The molecule has 0 fully saturated rings. The maximum atomic E-state index is 8.70. The molecular formula is C9H14O3PSi+. The van der Waals surface area contributed by atoms with Gasteiger partial charge < -0.3 is 0 Å². The van der Waals surface area contributed by atoms with Gasteiger partial charge in [-0.05, 0) is 11.1 Å². The SMILES string of the molecule is C=CC([SiH3])c1ccccc1.O=[P+](O)O. The Morgan fingerprint density at radius 1 is 1.36 bits per heavy atom. The van der Waals surface area contributed by atoms with E-state index in [-0.39, 0.29) is 0 Å². The lowest BCUT2D eigenvalue weighted by Gasteiger charge is -2.03. The molecule has 1 aromatic rings. The van der Waals surface area contributed by atoms with E-state index in [1.54, 1.807) is 0 Å². The first-order valence-corrected chi connectivity index (χ1v) is 6.42. The van der Waals surface area contributed by atoms with Gasteiger partial charge in [0, 0.05) is 14.8 Å². The lowest BCUT2D eigenvalue weighted by Crippen LogP contribution is -1.91. The maximum Gasteiger partial charge on any atom is 0.692 e. The van der Waals surface area contributed by atoms with Crippen molar-refractivity contribution in [2.45, 2.75) is 5.54 Å². The van der Waals surface area contributed by atoms with Gasteiger partial charge in [-0.1, -0.05) is 36.4 Å². The highest BCUT2D eigenvalue weighted by Gasteiger charge is 1.96. The average molecular weight is 229 g/mol. The van der Waals surface area contributed by atoms with Crippen LogP contribution in [0.4, 0.5) is 0 Å². The summed E-state index contributed by atoms with van der Waals surface area (Å²) in [6.45, 7) is 3.77. The average Bonchev–Trinajstić information content (AvgIpc) is 2.17. The zero-order valence-corrected chi connectivity index (χ0v) is 10.9. The Labute approximate surface area is 87.5 Å². The van der Waals surface area contributed by atoms with Gasteiger partial charge in [-0.2, -0.15) is 0 Å². The minimum absolute atomic E-state index is 0.612. The molecule has 0 bridgehead atoms. The van der Waals surface area contributed by atoms with Crippen molar-refractivity contribution in [3.63, 3.8) is 0 Å². The van der Waals surface area contributed by atoms with Crippen LogP contribution in [0, 0.1) is 0 Å². The molecule has 0 aliphatic carbocycles. The van der Waals surface area contributed by atoms with Gasteiger partial charge in [0.25, 0.3) is 0 Å². The van der Waals surface area contributed by atoms with E-state index in [1.165, 1.54) is 5.56 Å². The van der Waals surface area contributed by atoms with Crippen LogP contribution in [0.15, 0.2) is 43.0 Å². The molecule has 0 saturated carbocycles. The highest BCUT2D eigenvalue weighted by atomic mass is 31.1. The predicted octanol–water partition coefficient (Wildman–Crippen LogP) is 0.907. The fourth-order valence-corrected chi connectivity index (χ4v) is 1.28. The van der Waals surface area contributed by atoms with Crippen molar-refractivity contribution in [2.24, 2.45) is 0 Å². The van der Waals surface area contributed by atoms with Crippen molar-refractivity contribution >= 4 is 18.5 Å². The molecule has 0 saturated heterocycles. The van der Waals surface area contributed by atoms with Crippen LogP contribution in [0.25, 0.3) is 0 Å². The first-order valence-electron chi connectivity index (χ1n) is 4.10. The van der Waals surface area contributed by atoms with Crippen molar-refractivity contribution in [3.8, 4) is 0 Å². The summed E-state index contributed by atoms with van der Waals surface area (Å²) in [6, 6.07) is 10.5. The van der Waals surface area contributed by atoms with Crippen LogP contribution >= 0.6 is 8.25 Å². The summed E-state index contributed by atoms with van der Waals surface area (Å²) in [5, 5.41) is 0. The van der Waals surface area contributed by atoms with Crippen molar-refractivity contribution in [2.75, 3.05) is 0 Å². The molecule has 2 N–H and O–H groups in total. The summed E-state index contributed by atoms with van der Waals surface area (Å²) < 4.78 is 8.70. The third-order valence-electron chi connectivity index (χ3n) is 1.68. The maximum absolute atomic E-state index is 8.70. The second-order valence-corrected chi connectivity index (χ2v) is 4.44. The fraction of sp³-hybridized carbons (Fsp3) is 0.111. The molecule has 76 valence electrons. The third-order valence-corrected chi connectivity index (χ3v) is 2.82. The first-order chi connectivity index (χ1) is 6.57. The molecule has 1 aromatic carbocycles. The van der Waals surface area contributed by atoms with Crippen molar-refractivity contribution in [1.82, 2.24) is 0 Å². The number of benzene rings is 1. The fourth-order valence-electron chi connectivity index (χ4n) is 0.893. The van der Waals surface area contributed by atoms with Gasteiger partial charge in [0.05, 0.1) is 0 Å². The monoisotopic (exact) mass is 229 g/mol. The van der Waals surface area contributed by atoms with E-state index in [9.17, 15) is 0 Å². The Bertz CT molecular complexity index is 285. The van der Waals surface area contributed by atoms with Crippen LogP contribution < -0.4 is 0 Å². The molecule has 0 aliphatic rings. The molecule has 0 spiro atoms. The molecule has 0 aliphatic heterocycles. The molecule has 14 heavy (non-hydrogen) atoms. The zero-order valence-electron chi connectivity index (χ0n) is 8.00. The summed E-state index contributed by atoms with van der Waals surface area (Å²) in [6.07, 6.45) is 2.02. The number of hydrogen-bond acceptors (Lipinski definition) is 1. The van der Waals surface area contributed by atoms with E-state index in [1.807, 2.05) is 12.1 Å². The topological polar surface area (TPSA) is 57.5 Å².